The van der Waals surface area contributed by atoms with E-state index in [9.17, 15) is 0 Å². The average Bonchev–Trinajstić information content (AvgIpc) is 3.59. The molecule has 0 amide bonds. The Hall–Kier alpha value is -3.60. The molecule has 0 radical (unpaired) electrons. The standard InChI is InChI=1S/C28H18N2S2/c1-2-10-26-24(20-6-4-8-22(14-20)28-16-32-18-30-28)12-11-23(25(26)9-1)19-5-3-7-21(13-19)27-15-31-17-29-27/h1-18H. The largest absolute Gasteiger partial charge is 0.245 e. The highest BCUT2D eigenvalue weighted by Gasteiger charge is 2.11. The first-order chi connectivity index (χ1) is 15.9. The summed E-state index contributed by atoms with van der Waals surface area (Å²) >= 11 is 3.25. The van der Waals surface area contributed by atoms with Crippen LogP contribution in [0.4, 0.5) is 0 Å². The second kappa shape index (κ2) is 8.15. The van der Waals surface area contributed by atoms with Gasteiger partial charge in [0.15, 0.2) is 0 Å². The fraction of sp³-hybridized carbons (Fsp3) is 0. The van der Waals surface area contributed by atoms with Crippen LogP contribution >= 0.6 is 22.7 Å². The Morgan fingerprint density at radius 3 is 1.38 bits per heavy atom. The molecule has 0 aliphatic heterocycles. The van der Waals surface area contributed by atoms with Crippen molar-refractivity contribution in [2.24, 2.45) is 0 Å². The quantitative estimate of drug-likeness (QED) is 0.271. The molecular formula is C28H18N2S2. The predicted molar refractivity (Wildman–Crippen MR) is 137 cm³/mol. The van der Waals surface area contributed by atoms with Gasteiger partial charge in [0.25, 0.3) is 0 Å². The minimum Gasteiger partial charge on any atom is -0.245 e. The molecule has 0 saturated heterocycles. The highest BCUT2D eigenvalue weighted by molar-refractivity contribution is 7.08. The molecule has 0 unspecified atom stereocenters. The van der Waals surface area contributed by atoms with Gasteiger partial charge >= 0.3 is 0 Å². The number of benzene rings is 4. The van der Waals surface area contributed by atoms with Crippen LogP contribution in [0.2, 0.25) is 0 Å². The lowest BCUT2D eigenvalue weighted by atomic mass is 9.91. The molecule has 4 aromatic carbocycles. The Kier molecular flexibility index (Phi) is 4.87. The molecule has 0 fully saturated rings. The minimum absolute atomic E-state index is 1.02. The van der Waals surface area contributed by atoms with Crippen LogP contribution in [-0.2, 0) is 0 Å². The zero-order valence-corrected chi connectivity index (χ0v) is 18.7. The van der Waals surface area contributed by atoms with Gasteiger partial charge in [0.1, 0.15) is 0 Å². The molecular weight excluding hydrogens is 428 g/mol. The second-order valence-electron chi connectivity index (χ2n) is 7.62. The summed E-state index contributed by atoms with van der Waals surface area (Å²) in [6.07, 6.45) is 0. The number of rotatable bonds is 4. The van der Waals surface area contributed by atoms with Crippen LogP contribution < -0.4 is 0 Å². The smallest absolute Gasteiger partial charge is 0.0811 e. The second-order valence-corrected chi connectivity index (χ2v) is 9.05. The van der Waals surface area contributed by atoms with Crippen LogP contribution in [0.3, 0.4) is 0 Å². The maximum absolute atomic E-state index is 4.48. The van der Waals surface area contributed by atoms with Gasteiger partial charge in [-0.25, -0.2) is 9.97 Å². The average molecular weight is 447 g/mol. The molecule has 0 atom stereocenters. The summed E-state index contributed by atoms with van der Waals surface area (Å²) < 4.78 is 0. The fourth-order valence-corrected chi connectivity index (χ4v) is 5.33. The van der Waals surface area contributed by atoms with Crippen molar-refractivity contribution in [3.63, 3.8) is 0 Å². The van der Waals surface area contributed by atoms with E-state index in [0.717, 1.165) is 22.5 Å². The molecule has 2 aromatic heterocycles. The molecule has 0 aliphatic carbocycles. The van der Waals surface area contributed by atoms with Crippen molar-refractivity contribution in [3.05, 3.63) is 107 Å². The van der Waals surface area contributed by atoms with Crippen LogP contribution in [0.1, 0.15) is 0 Å². The number of fused-ring (bicyclic) bond motifs is 1. The summed E-state index contributed by atoms with van der Waals surface area (Å²) in [5.74, 6) is 0. The van der Waals surface area contributed by atoms with E-state index in [0.29, 0.717) is 0 Å². The topological polar surface area (TPSA) is 25.8 Å². The van der Waals surface area contributed by atoms with Gasteiger partial charge in [0.2, 0.25) is 0 Å². The first-order valence-corrected chi connectivity index (χ1v) is 12.3. The van der Waals surface area contributed by atoms with E-state index in [2.05, 4.69) is 106 Å². The summed E-state index contributed by atoms with van der Waals surface area (Å²) in [7, 11) is 0. The number of nitrogens with zero attached hydrogens (tertiary/aromatic N) is 2. The summed E-state index contributed by atoms with van der Waals surface area (Å²) in [6, 6.07) is 30.5. The van der Waals surface area contributed by atoms with Crippen LogP contribution in [0, 0.1) is 0 Å². The third-order valence-corrected chi connectivity index (χ3v) is 6.90. The Balaban J connectivity index is 1.50. The molecule has 6 rings (SSSR count). The molecule has 0 spiro atoms. The molecule has 32 heavy (non-hydrogen) atoms. The third-order valence-electron chi connectivity index (χ3n) is 5.73. The summed E-state index contributed by atoms with van der Waals surface area (Å²) in [5, 5.41) is 6.68. The zero-order valence-electron chi connectivity index (χ0n) is 17.1. The zero-order chi connectivity index (χ0) is 21.3. The van der Waals surface area contributed by atoms with Crippen molar-refractivity contribution in [1.82, 2.24) is 9.97 Å². The maximum atomic E-state index is 4.48. The van der Waals surface area contributed by atoms with E-state index in [1.165, 1.54) is 33.0 Å². The number of thiazole rings is 2. The van der Waals surface area contributed by atoms with Gasteiger partial charge < -0.3 is 0 Å². The summed E-state index contributed by atoms with van der Waals surface area (Å²) in [4.78, 5) is 8.96. The van der Waals surface area contributed by atoms with Crippen molar-refractivity contribution in [2.45, 2.75) is 0 Å². The van der Waals surface area contributed by atoms with E-state index in [-0.39, 0.29) is 0 Å². The molecule has 152 valence electrons. The van der Waals surface area contributed by atoms with Crippen molar-refractivity contribution in [3.8, 4) is 44.8 Å². The van der Waals surface area contributed by atoms with E-state index >= 15 is 0 Å². The summed E-state index contributed by atoms with van der Waals surface area (Å²) in [5.41, 5.74) is 13.0. The monoisotopic (exact) mass is 446 g/mol. The number of hydrogen-bond donors (Lipinski definition) is 0. The van der Waals surface area contributed by atoms with Crippen LogP contribution in [0.15, 0.2) is 107 Å². The lowest BCUT2D eigenvalue weighted by Crippen LogP contribution is -1.88. The first kappa shape index (κ1) is 19.1. The van der Waals surface area contributed by atoms with Crippen LogP contribution in [-0.4, -0.2) is 9.97 Å². The predicted octanol–water partition coefficient (Wildman–Crippen LogP) is 8.42. The van der Waals surface area contributed by atoms with Gasteiger partial charge in [-0.1, -0.05) is 72.8 Å². The van der Waals surface area contributed by atoms with Gasteiger partial charge in [0, 0.05) is 21.9 Å². The molecule has 2 nitrogen and oxygen atoms in total. The van der Waals surface area contributed by atoms with Crippen molar-refractivity contribution >= 4 is 33.4 Å². The number of aromatic nitrogens is 2. The van der Waals surface area contributed by atoms with Gasteiger partial charge in [-0.3, -0.25) is 0 Å². The molecule has 0 N–H and O–H groups in total. The normalized spacial score (nSPS) is 11.1. The van der Waals surface area contributed by atoms with Crippen LogP contribution in [0.25, 0.3) is 55.5 Å². The SMILES string of the molecule is c1cc(-c2cscn2)cc(-c2ccc(-c3cccc(-c4cscn4)c3)c3ccccc23)c1. The van der Waals surface area contributed by atoms with E-state index in [1.807, 2.05) is 11.0 Å². The molecule has 2 heterocycles. The highest BCUT2D eigenvalue weighted by atomic mass is 32.1. The third kappa shape index (κ3) is 3.44. The van der Waals surface area contributed by atoms with Crippen molar-refractivity contribution in [2.75, 3.05) is 0 Å². The first-order valence-electron chi connectivity index (χ1n) is 10.4. The molecule has 0 saturated carbocycles. The molecule has 6 aromatic rings. The van der Waals surface area contributed by atoms with E-state index < -0.39 is 0 Å². The number of hydrogen-bond acceptors (Lipinski definition) is 4. The highest BCUT2D eigenvalue weighted by Crippen LogP contribution is 2.37. The minimum atomic E-state index is 1.02. The maximum Gasteiger partial charge on any atom is 0.0811 e. The lowest BCUT2D eigenvalue weighted by Gasteiger charge is -2.13. The van der Waals surface area contributed by atoms with E-state index in [4.69, 9.17) is 0 Å². The Morgan fingerprint density at radius 1 is 0.469 bits per heavy atom. The Labute approximate surface area is 194 Å². The van der Waals surface area contributed by atoms with Gasteiger partial charge in [-0.15, -0.1) is 22.7 Å². The van der Waals surface area contributed by atoms with Gasteiger partial charge in [0.05, 0.1) is 22.4 Å². The lowest BCUT2D eigenvalue weighted by molar-refractivity contribution is 1.41. The summed E-state index contributed by atoms with van der Waals surface area (Å²) in [6.45, 7) is 0. The van der Waals surface area contributed by atoms with Crippen LogP contribution in [0.5, 0.6) is 0 Å². The van der Waals surface area contributed by atoms with Gasteiger partial charge in [-0.2, -0.15) is 0 Å². The Morgan fingerprint density at radius 2 is 0.938 bits per heavy atom. The molecule has 0 bridgehead atoms. The Bertz CT molecular complexity index is 1400. The van der Waals surface area contributed by atoms with Crippen molar-refractivity contribution < 1.29 is 0 Å². The molecule has 0 aliphatic rings. The molecule has 4 heteroatoms. The van der Waals surface area contributed by atoms with Crippen molar-refractivity contribution in [1.29, 1.82) is 0 Å². The van der Waals surface area contributed by atoms with E-state index in [1.54, 1.807) is 22.7 Å². The fourth-order valence-electron chi connectivity index (χ4n) is 4.20. The van der Waals surface area contributed by atoms with Gasteiger partial charge in [-0.05, 0) is 45.2 Å².